The number of aryl methyl sites for hydroxylation is 2. The highest BCUT2D eigenvalue weighted by molar-refractivity contribution is 7.18. The van der Waals surface area contributed by atoms with Gasteiger partial charge in [-0.1, -0.05) is 60.5 Å². The number of likely N-dealkylation sites (N-methyl/N-ethyl adjacent to an activating group) is 1. The fourth-order valence-electron chi connectivity index (χ4n) is 3.09. The van der Waals surface area contributed by atoms with Crippen LogP contribution < -0.4 is 0 Å². The summed E-state index contributed by atoms with van der Waals surface area (Å²) in [6, 6.07) is 8.07. The van der Waals surface area contributed by atoms with Crippen molar-refractivity contribution in [2.45, 2.75) is 34.2 Å². The van der Waals surface area contributed by atoms with E-state index in [1.165, 1.54) is 11.3 Å². The molecule has 3 aromatic rings. The quantitative estimate of drug-likeness (QED) is 0.457. The van der Waals surface area contributed by atoms with Crippen LogP contribution in [0.4, 0.5) is 0 Å². The molecule has 0 saturated carbocycles. The first kappa shape index (κ1) is 22.4. The number of aromatic nitrogens is 4. The zero-order valence-corrected chi connectivity index (χ0v) is 19.3. The maximum atomic E-state index is 12.4. The Morgan fingerprint density at radius 2 is 1.93 bits per heavy atom. The normalized spacial score (nSPS) is 11.3. The first-order chi connectivity index (χ1) is 14.4. The van der Waals surface area contributed by atoms with E-state index in [0.717, 1.165) is 29.2 Å². The summed E-state index contributed by atoms with van der Waals surface area (Å²) in [5.41, 5.74) is 3.37. The van der Waals surface area contributed by atoms with Crippen LogP contribution in [0.2, 0.25) is 5.02 Å². The molecule has 0 fully saturated rings. The molecule has 0 spiro atoms. The van der Waals surface area contributed by atoms with Gasteiger partial charge in [0.25, 0.3) is 0 Å². The predicted molar refractivity (Wildman–Crippen MR) is 120 cm³/mol. The Morgan fingerprint density at radius 1 is 1.20 bits per heavy atom. The molecule has 1 aromatic carbocycles. The van der Waals surface area contributed by atoms with Crippen LogP contribution in [-0.4, -0.2) is 57.1 Å². The van der Waals surface area contributed by atoms with Crippen molar-refractivity contribution in [3.05, 3.63) is 40.5 Å². The average molecular weight is 448 g/mol. The van der Waals surface area contributed by atoms with E-state index >= 15 is 0 Å². The van der Waals surface area contributed by atoms with E-state index in [-0.39, 0.29) is 12.5 Å². The molecule has 7 nitrogen and oxygen atoms in total. The number of carbonyl (C=O) groups is 1. The number of hydrogen-bond donors (Lipinski definition) is 0. The molecule has 2 heterocycles. The van der Waals surface area contributed by atoms with Gasteiger partial charge in [-0.2, -0.15) is 5.10 Å². The van der Waals surface area contributed by atoms with Crippen LogP contribution in [0, 0.1) is 13.8 Å². The Hall–Kier alpha value is -2.29. The summed E-state index contributed by atoms with van der Waals surface area (Å²) in [6.07, 6.45) is 0. The largest absolute Gasteiger partial charge is 0.463 e. The Kier molecular flexibility index (Phi) is 7.58. The number of rotatable bonds is 9. The number of esters is 1. The monoisotopic (exact) mass is 447 g/mol. The molecule has 0 saturated heterocycles. The SMILES string of the molecule is CCN(CC)CCOC(=O)Cn1nc(C)c(Cl)c1-c1nnc(-c2cccc(C)c2)s1. The first-order valence-electron chi connectivity index (χ1n) is 9.94. The third-order valence-electron chi connectivity index (χ3n) is 4.79. The van der Waals surface area contributed by atoms with E-state index in [2.05, 4.69) is 40.1 Å². The van der Waals surface area contributed by atoms with E-state index in [0.29, 0.717) is 34.6 Å². The van der Waals surface area contributed by atoms with Gasteiger partial charge in [-0.15, -0.1) is 10.2 Å². The lowest BCUT2D eigenvalue weighted by molar-refractivity contribution is -0.144. The van der Waals surface area contributed by atoms with Gasteiger partial charge in [-0.25, -0.2) is 4.68 Å². The Morgan fingerprint density at radius 3 is 2.63 bits per heavy atom. The van der Waals surface area contributed by atoms with Crippen molar-refractivity contribution in [3.8, 4) is 21.3 Å². The van der Waals surface area contributed by atoms with Gasteiger partial charge in [-0.05, 0) is 33.0 Å². The van der Waals surface area contributed by atoms with Crippen molar-refractivity contribution in [1.82, 2.24) is 24.9 Å². The highest BCUT2D eigenvalue weighted by Crippen LogP contribution is 2.35. The summed E-state index contributed by atoms with van der Waals surface area (Å²) in [5, 5.41) is 14.9. The minimum atomic E-state index is -0.356. The summed E-state index contributed by atoms with van der Waals surface area (Å²) in [7, 11) is 0. The summed E-state index contributed by atoms with van der Waals surface area (Å²) >= 11 is 7.91. The topological polar surface area (TPSA) is 73.1 Å². The second-order valence-electron chi connectivity index (χ2n) is 6.93. The van der Waals surface area contributed by atoms with Crippen molar-refractivity contribution in [2.24, 2.45) is 0 Å². The number of hydrogen-bond acceptors (Lipinski definition) is 7. The molecule has 0 N–H and O–H groups in total. The van der Waals surface area contributed by atoms with Crippen molar-refractivity contribution >= 4 is 28.9 Å². The molecule has 0 aliphatic carbocycles. The van der Waals surface area contributed by atoms with Crippen molar-refractivity contribution in [1.29, 1.82) is 0 Å². The summed E-state index contributed by atoms with van der Waals surface area (Å²) in [4.78, 5) is 14.6. The lowest BCUT2D eigenvalue weighted by Gasteiger charge is -2.17. The van der Waals surface area contributed by atoms with E-state index in [1.54, 1.807) is 11.6 Å². The van der Waals surface area contributed by atoms with Crippen LogP contribution in [0.25, 0.3) is 21.3 Å². The van der Waals surface area contributed by atoms with Crippen LogP contribution in [-0.2, 0) is 16.1 Å². The third kappa shape index (κ3) is 5.24. The lowest BCUT2D eigenvalue weighted by Crippen LogP contribution is -2.28. The fourth-order valence-corrected chi connectivity index (χ4v) is 4.26. The molecule has 0 bridgehead atoms. The minimum absolute atomic E-state index is 0.0273. The van der Waals surface area contributed by atoms with Crippen molar-refractivity contribution in [3.63, 3.8) is 0 Å². The number of carbonyl (C=O) groups excluding carboxylic acids is 1. The smallest absolute Gasteiger partial charge is 0.327 e. The van der Waals surface area contributed by atoms with Crippen LogP contribution >= 0.6 is 22.9 Å². The molecule has 0 amide bonds. The number of benzene rings is 1. The molecule has 9 heteroatoms. The van der Waals surface area contributed by atoms with E-state index in [9.17, 15) is 4.79 Å². The van der Waals surface area contributed by atoms with E-state index in [4.69, 9.17) is 16.3 Å². The zero-order chi connectivity index (χ0) is 21.7. The molecule has 0 unspecified atom stereocenters. The molecule has 0 aliphatic rings. The summed E-state index contributed by atoms with van der Waals surface area (Å²) < 4.78 is 6.94. The van der Waals surface area contributed by atoms with Gasteiger partial charge in [-0.3, -0.25) is 4.79 Å². The molecular weight excluding hydrogens is 422 g/mol. The highest BCUT2D eigenvalue weighted by Gasteiger charge is 2.22. The van der Waals surface area contributed by atoms with Crippen LogP contribution in [0.5, 0.6) is 0 Å². The Labute approximate surface area is 185 Å². The molecular formula is C21H26ClN5O2S. The van der Waals surface area contributed by atoms with Gasteiger partial charge >= 0.3 is 5.97 Å². The maximum Gasteiger partial charge on any atom is 0.327 e. The number of ether oxygens (including phenoxy) is 1. The van der Waals surface area contributed by atoms with Gasteiger partial charge < -0.3 is 9.64 Å². The second kappa shape index (κ2) is 10.1. The standard InChI is InChI=1S/C21H26ClN5O2S/c1-5-26(6-2)10-11-29-17(28)13-27-19(18(22)15(4)25-27)21-24-23-20(30-21)16-9-7-8-14(3)12-16/h7-9,12H,5-6,10-11,13H2,1-4H3. The summed E-state index contributed by atoms with van der Waals surface area (Å²) in [5.74, 6) is -0.356. The van der Waals surface area contributed by atoms with Gasteiger partial charge in [0.1, 0.15) is 23.9 Å². The minimum Gasteiger partial charge on any atom is -0.463 e. The number of halogens is 1. The molecule has 3 rings (SSSR count). The predicted octanol–water partition coefficient (Wildman–Crippen LogP) is 4.22. The number of nitrogens with zero attached hydrogens (tertiary/aromatic N) is 5. The van der Waals surface area contributed by atoms with Crippen molar-refractivity contribution < 1.29 is 9.53 Å². The Balaban J connectivity index is 1.76. The maximum absolute atomic E-state index is 12.4. The van der Waals surface area contributed by atoms with Crippen LogP contribution in [0.1, 0.15) is 25.1 Å². The van der Waals surface area contributed by atoms with Crippen molar-refractivity contribution in [2.75, 3.05) is 26.2 Å². The molecule has 30 heavy (non-hydrogen) atoms. The van der Waals surface area contributed by atoms with Crippen LogP contribution in [0.15, 0.2) is 24.3 Å². The molecule has 0 radical (unpaired) electrons. The lowest BCUT2D eigenvalue weighted by atomic mass is 10.1. The molecule has 0 atom stereocenters. The molecule has 0 aliphatic heterocycles. The van der Waals surface area contributed by atoms with E-state index in [1.807, 2.05) is 25.1 Å². The fraction of sp³-hybridized carbons (Fsp3) is 0.429. The van der Waals surface area contributed by atoms with Gasteiger partial charge in [0.2, 0.25) is 0 Å². The molecule has 160 valence electrons. The first-order valence-corrected chi connectivity index (χ1v) is 11.1. The highest BCUT2D eigenvalue weighted by atomic mass is 35.5. The Bertz CT molecular complexity index is 1010. The van der Waals surface area contributed by atoms with Gasteiger partial charge in [0, 0.05) is 12.1 Å². The van der Waals surface area contributed by atoms with Crippen LogP contribution in [0.3, 0.4) is 0 Å². The second-order valence-corrected chi connectivity index (χ2v) is 8.29. The summed E-state index contributed by atoms with van der Waals surface area (Å²) in [6.45, 7) is 10.9. The zero-order valence-electron chi connectivity index (χ0n) is 17.7. The van der Waals surface area contributed by atoms with Gasteiger partial charge in [0.05, 0.1) is 10.7 Å². The third-order valence-corrected chi connectivity index (χ3v) is 6.22. The molecule has 2 aromatic heterocycles. The van der Waals surface area contributed by atoms with Gasteiger partial charge in [0.15, 0.2) is 5.01 Å². The average Bonchev–Trinajstić information content (AvgIpc) is 3.30. The van der Waals surface area contributed by atoms with E-state index < -0.39 is 0 Å².